The molecule has 0 radical (unpaired) electrons. The summed E-state index contributed by atoms with van der Waals surface area (Å²) in [4.78, 5) is 9.54. The molecule has 2 aromatic heterocycles. The van der Waals surface area contributed by atoms with Crippen LogP contribution in [0.3, 0.4) is 0 Å². The molecule has 0 aliphatic rings. The van der Waals surface area contributed by atoms with Gasteiger partial charge in [-0.2, -0.15) is 5.10 Å². The van der Waals surface area contributed by atoms with Gasteiger partial charge in [0.25, 0.3) is 0 Å². The summed E-state index contributed by atoms with van der Waals surface area (Å²) >= 11 is 5.17. The lowest BCUT2D eigenvalue weighted by molar-refractivity contribution is 0.207. The molecule has 0 fully saturated rings. The summed E-state index contributed by atoms with van der Waals surface area (Å²) in [5.74, 6) is 0. The maximum Gasteiger partial charge on any atom is 0.206 e. The number of thiazole rings is 1. The van der Waals surface area contributed by atoms with Crippen LogP contribution in [0.1, 0.15) is 5.56 Å². The van der Waals surface area contributed by atoms with Crippen LogP contribution in [-0.2, 0) is 4.74 Å². The SMILES string of the molecule is COCCN=c1scc(-c2ccccc2Br)n1/N=C/c1cccnc1. The zero-order valence-corrected chi connectivity index (χ0v) is 16.1. The van der Waals surface area contributed by atoms with Gasteiger partial charge >= 0.3 is 0 Å². The molecule has 1 aromatic carbocycles. The van der Waals surface area contributed by atoms with E-state index in [2.05, 4.69) is 42.5 Å². The summed E-state index contributed by atoms with van der Waals surface area (Å²) in [5, 5.41) is 6.70. The predicted octanol–water partition coefficient (Wildman–Crippen LogP) is 3.80. The number of hydrogen-bond acceptors (Lipinski definition) is 5. The lowest BCUT2D eigenvalue weighted by Crippen LogP contribution is -2.13. The van der Waals surface area contributed by atoms with Gasteiger partial charge < -0.3 is 4.74 Å². The van der Waals surface area contributed by atoms with Gasteiger partial charge in [-0.05, 0) is 12.1 Å². The van der Waals surface area contributed by atoms with Gasteiger partial charge in [0.1, 0.15) is 0 Å². The summed E-state index contributed by atoms with van der Waals surface area (Å²) in [7, 11) is 1.67. The van der Waals surface area contributed by atoms with Crippen molar-refractivity contribution in [3.8, 4) is 11.3 Å². The zero-order valence-electron chi connectivity index (χ0n) is 13.7. The molecule has 0 atom stereocenters. The molecule has 3 rings (SSSR count). The van der Waals surface area contributed by atoms with E-state index < -0.39 is 0 Å². The molecule has 0 N–H and O–H groups in total. The van der Waals surface area contributed by atoms with E-state index in [1.54, 1.807) is 37.1 Å². The molecule has 25 heavy (non-hydrogen) atoms. The number of halogens is 1. The summed E-state index contributed by atoms with van der Waals surface area (Å²) in [5.41, 5.74) is 2.98. The third kappa shape index (κ3) is 4.50. The lowest BCUT2D eigenvalue weighted by atomic mass is 10.2. The normalized spacial score (nSPS) is 12.2. The average Bonchev–Trinajstić information content (AvgIpc) is 3.04. The molecule has 0 bridgehead atoms. The molecule has 0 saturated heterocycles. The van der Waals surface area contributed by atoms with E-state index in [-0.39, 0.29) is 0 Å². The van der Waals surface area contributed by atoms with Crippen molar-refractivity contribution in [3.63, 3.8) is 0 Å². The predicted molar refractivity (Wildman–Crippen MR) is 105 cm³/mol. The van der Waals surface area contributed by atoms with Crippen molar-refractivity contribution in [2.75, 3.05) is 20.3 Å². The topological polar surface area (TPSA) is 51.8 Å². The molecule has 0 saturated carbocycles. The van der Waals surface area contributed by atoms with Gasteiger partial charge in [-0.25, -0.2) is 4.68 Å². The second kappa shape index (κ2) is 8.84. The van der Waals surface area contributed by atoms with E-state index in [0.29, 0.717) is 13.2 Å². The quantitative estimate of drug-likeness (QED) is 0.453. The largest absolute Gasteiger partial charge is 0.383 e. The van der Waals surface area contributed by atoms with E-state index in [9.17, 15) is 0 Å². The highest BCUT2D eigenvalue weighted by atomic mass is 79.9. The summed E-state index contributed by atoms with van der Waals surface area (Å²) in [6.45, 7) is 1.17. The van der Waals surface area contributed by atoms with Gasteiger partial charge in [0.2, 0.25) is 4.80 Å². The highest BCUT2D eigenvalue weighted by Gasteiger charge is 2.10. The Kier molecular flexibility index (Phi) is 6.27. The number of aromatic nitrogens is 2. The molecular formula is C18H17BrN4OS. The molecule has 0 aliphatic heterocycles. The van der Waals surface area contributed by atoms with Crippen LogP contribution < -0.4 is 4.80 Å². The molecule has 0 amide bonds. The molecule has 0 aliphatic carbocycles. The number of benzene rings is 1. The van der Waals surface area contributed by atoms with Crippen molar-refractivity contribution in [2.45, 2.75) is 0 Å². The van der Waals surface area contributed by atoms with Crippen molar-refractivity contribution in [1.82, 2.24) is 9.66 Å². The minimum atomic E-state index is 0.578. The molecular weight excluding hydrogens is 400 g/mol. The van der Waals surface area contributed by atoms with Gasteiger partial charge in [-0.15, -0.1) is 11.3 Å². The maximum absolute atomic E-state index is 5.09. The lowest BCUT2D eigenvalue weighted by Gasteiger charge is -2.05. The first-order valence-electron chi connectivity index (χ1n) is 7.69. The highest BCUT2D eigenvalue weighted by molar-refractivity contribution is 9.10. The van der Waals surface area contributed by atoms with Crippen LogP contribution in [0.15, 0.2) is 68.7 Å². The van der Waals surface area contributed by atoms with E-state index >= 15 is 0 Å². The Labute approximate surface area is 158 Å². The van der Waals surface area contributed by atoms with Crippen LogP contribution in [0, 0.1) is 0 Å². The average molecular weight is 417 g/mol. The number of hydrogen-bond donors (Lipinski definition) is 0. The second-order valence-corrected chi connectivity index (χ2v) is 6.79. The molecule has 3 aromatic rings. The van der Waals surface area contributed by atoms with Gasteiger partial charge in [-0.3, -0.25) is 9.98 Å². The van der Waals surface area contributed by atoms with Gasteiger partial charge in [-0.1, -0.05) is 40.2 Å². The van der Waals surface area contributed by atoms with E-state index in [0.717, 1.165) is 26.1 Å². The van der Waals surface area contributed by atoms with Crippen LogP contribution in [0.4, 0.5) is 0 Å². The summed E-state index contributed by atoms with van der Waals surface area (Å²) in [6, 6.07) is 11.9. The smallest absolute Gasteiger partial charge is 0.206 e. The van der Waals surface area contributed by atoms with Crippen LogP contribution in [0.5, 0.6) is 0 Å². The Morgan fingerprint density at radius 2 is 2.16 bits per heavy atom. The molecule has 7 heteroatoms. The summed E-state index contributed by atoms with van der Waals surface area (Å²) in [6.07, 6.45) is 5.30. The number of nitrogens with zero attached hydrogens (tertiary/aromatic N) is 4. The van der Waals surface area contributed by atoms with Gasteiger partial charge in [0.15, 0.2) is 0 Å². The number of ether oxygens (including phenoxy) is 1. The van der Waals surface area contributed by atoms with Crippen molar-refractivity contribution in [1.29, 1.82) is 0 Å². The van der Waals surface area contributed by atoms with Crippen molar-refractivity contribution in [2.24, 2.45) is 10.1 Å². The fraction of sp³-hybridized carbons (Fsp3) is 0.167. The highest BCUT2D eigenvalue weighted by Crippen LogP contribution is 2.28. The van der Waals surface area contributed by atoms with E-state index in [1.807, 2.05) is 35.0 Å². The van der Waals surface area contributed by atoms with Crippen LogP contribution in [0.2, 0.25) is 0 Å². The van der Waals surface area contributed by atoms with Crippen molar-refractivity contribution in [3.05, 3.63) is 69.0 Å². The maximum atomic E-state index is 5.09. The van der Waals surface area contributed by atoms with Crippen LogP contribution >= 0.6 is 27.3 Å². The Morgan fingerprint density at radius 1 is 1.28 bits per heavy atom. The fourth-order valence-electron chi connectivity index (χ4n) is 2.18. The van der Waals surface area contributed by atoms with Gasteiger partial charge in [0.05, 0.1) is 25.1 Å². The first-order valence-corrected chi connectivity index (χ1v) is 9.36. The standard InChI is InChI=1S/C18H17BrN4OS/c1-24-10-9-21-18-23(22-12-14-5-4-8-20-11-14)17(13-25-18)15-6-2-3-7-16(15)19/h2-8,11-13H,9-10H2,1H3/b21-18?,22-12+. The van der Waals surface area contributed by atoms with Crippen molar-refractivity contribution >= 4 is 33.5 Å². The minimum Gasteiger partial charge on any atom is -0.383 e. The van der Waals surface area contributed by atoms with Crippen LogP contribution in [-0.4, -0.2) is 36.1 Å². The Hall–Kier alpha value is -2.09. The van der Waals surface area contributed by atoms with Crippen LogP contribution in [0.25, 0.3) is 11.3 Å². The van der Waals surface area contributed by atoms with Gasteiger partial charge in [0, 0.05) is 40.5 Å². The second-order valence-electron chi connectivity index (χ2n) is 5.10. The first-order chi connectivity index (χ1) is 12.3. The summed E-state index contributed by atoms with van der Waals surface area (Å²) < 4.78 is 7.96. The minimum absolute atomic E-state index is 0.578. The third-order valence-corrected chi connectivity index (χ3v) is 4.93. The molecule has 0 unspecified atom stereocenters. The Bertz CT molecular complexity index is 918. The number of rotatable bonds is 6. The Balaban J connectivity index is 2.06. The molecule has 2 heterocycles. The van der Waals surface area contributed by atoms with E-state index in [1.165, 1.54) is 0 Å². The molecule has 128 valence electrons. The zero-order chi connectivity index (χ0) is 17.5. The molecule has 5 nitrogen and oxygen atoms in total. The number of pyridine rings is 1. The van der Waals surface area contributed by atoms with E-state index in [4.69, 9.17) is 4.74 Å². The third-order valence-electron chi connectivity index (χ3n) is 3.38. The fourth-order valence-corrected chi connectivity index (χ4v) is 3.53. The first kappa shape index (κ1) is 17.7. The number of methoxy groups -OCH3 is 1. The van der Waals surface area contributed by atoms with Crippen molar-refractivity contribution < 1.29 is 4.74 Å². The monoisotopic (exact) mass is 416 g/mol. The Morgan fingerprint density at radius 3 is 2.92 bits per heavy atom. The molecule has 0 spiro atoms.